The molecule has 0 saturated heterocycles. The summed E-state index contributed by atoms with van der Waals surface area (Å²) in [6, 6.07) is 9.80. The summed E-state index contributed by atoms with van der Waals surface area (Å²) >= 11 is 1.36. The van der Waals surface area contributed by atoms with Crippen molar-refractivity contribution in [1.29, 1.82) is 0 Å². The van der Waals surface area contributed by atoms with E-state index in [-0.39, 0.29) is 22.8 Å². The van der Waals surface area contributed by atoms with Crippen molar-refractivity contribution in [3.63, 3.8) is 0 Å². The quantitative estimate of drug-likeness (QED) is 0.599. The number of benzene rings is 2. The highest BCUT2D eigenvalue weighted by Crippen LogP contribution is 2.32. The number of ketones is 1. The van der Waals surface area contributed by atoms with Crippen molar-refractivity contribution < 1.29 is 32.6 Å². The third-order valence-electron chi connectivity index (χ3n) is 3.58. The van der Waals surface area contributed by atoms with Crippen molar-refractivity contribution in [3.8, 4) is 5.75 Å². The molecule has 0 aliphatic carbocycles. The highest BCUT2D eigenvalue weighted by atomic mass is 32.2. The van der Waals surface area contributed by atoms with Crippen LogP contribution in [-0.4, -0.2) is 36.6 Å². The Balaban J connectivity index is 1.59. The van der Waals surface area contributed by atoms with Crippen LogP contribution in [0.3, 0.4) is 0 Å². The first-order valence-electron chi connectivity index (χ1n) is 7.74. The molecule has 3 rings (SSSR count). The van der Waals surface area contributed by atoms with Crippen LogP contribution in [0.4, 0.5) is 14.5 Å². The number of alkyl halides is 2. The van der Waals surface area contributed by atoms with Crippen LogP contribution >= 0.6 is 11.8 Å². The van der Waals surface area contributed by atoms with Crippen LogP contribution < -0.4 is 10.1 Å². The molecular weight excluding hydrogens is 380 g/mol. The Labute approximate surface area is 156 Å². The van der Waals surface area contributed by atoms with Gasteiger partial charge in [0.25, 0.3) is 0 Å². The lowest BCUT2D eigenvalue weighted by Crippen LogP contribution is -2.19. The first-order chi connectivity index (χ1) is 12.9. The van der Waals surface area contributed by atoms with E-state index in [0.717, 1.165) is 4.90 Å². The van der Waals surface area contributed by atoms with Crippen molar-refractivity contribution in [2.75, 3.05) is 17.7 Å². The number of nitrogens with one attached hydrogen (secondary N) is 1. The topological polar surface area (TPSA) is 81.7 Å². The van der Waals surface area contributed by atoms with Crippen molar-refractivity contribution in [1.82, 2.24) is 0 Å². The number of esters is 1. The number of hydrogen-bond donors (Lipinski definition) is 1. The molecule has 0 fully saturated rings. The molecule has 0 aromatic heterocycles. The minimum atomic E-state index is -2.95. The van der Waals surface area contributed by atoms with Gasteiger partial charge in [0.05, 0.1) is 17.0 Å². The van der Waals surface area contributed by atoms with Gasteiger partial charge in [-0.1, -0.05) is 0 Å². The molecule has 0 unspecified atom stereocenters. The largest absolute Gasteiger partial charge is 0.454 e. The number of rotatable bonds is 6. The standard InChI is InChI=1S/C18H13F2NO5S/c19-18(20)26-12-4-1-10(2-5-12)14(22)8-25-17(24)11-3-6-15-13(7-11)21-16(23)9-27-15/h1-7,18H,8-9H2,(H,21,23). The van der Waals surface area contributed by atoms with Crippen molar-refractivity contribution >= 4 is 35.1 Å². The molecule has 1 amide bonds. The SMILES string of the molecule is O=C1CSc2ccc(C(=O)OCC(=O)c3ccc(OC(F)F)cc3)cc2N1. The van der Waals surface area contributed by atoms with Gasteiger partial charge >= 0.3 is 12.6 Å². The Bertz CT molecular complexity index is 886. The monoisotopic (exact) mass is 393 g/mol. The second-order valence-electron chi connectivity index (χ2n) is 5.45. The minimum Gasteiger partial charge on any atom is -0.454 e. The summed E-state index contributed by atoms with van der Waals surface area (Å²) in [7, 11) is 0. The van der Waals surface area contributed by atoms with Gasteiger partial charge in [-0.25, -0.2) is 4.79 Å². The normalized spacial score (nSPS) is 12.9. The summed E-state index contributed by atoms with van der Waals surface area (Å²) in [5.74, 6) is -1.13. The Morgan fingerprint density at radius 1 is 1.11 bits per heavy atom. The third-order valence-corrected chi connectivity index (χ3v) is 4.66. The average Bonchev–Trinajstić information content (AvgIpc) is 2.65. The average molecular weight is 393 g/mol. The number of thioether (sulfide) groups is 1. The minimum absolute atomic E-state index is 0.0764. The van der Waals surface area contributed by atoms with Crippen LogP contribution in [0.25, 0.3) is 0 Å². The van der Waals surface area contributed by atoms with E-state index in [1.54, 1.807) is 12.1 Å². The van der Waals surface area contributed by atoms with Gasteiger partial charge in [0.2, 0.25) is 5.91 Å². The van der Waals surface area contributed by atoms with Gasteiger partial charge in [0.15, 0.2) is 12.4 Å². The molecule has 6 nitrogen and oxygen atoms in total. The number of amides is 1. The fourth-order valence-corrected chi connectivity index (χ4v) is 3.12. The first-order valence-corrected chi connectivity index (χ1v) is 8.73. The molecule has 2 aromatic carbocycles. The van der Waals surface area contributed by atoms with Gasteiger partial charge in [-0.05, 0) is 42.5 Å². The molecule has 1 heterocycles. The molecule has 140 valence electrons. The van der Waals surface area contributed by atoms with Crippen LogP contribution in [-0.2, 0) is 9.53 Å². The van der Waals surface area contributed by atoms with Gasteiger partial charge in [0, 0.05) is 10.5 Å². The van der Waals surface area contributed by atoms with Crippen LogP contribution in [0.1, 0.15) is 20.7 Å². The van der Waals surface area contributed by atoms with E-state index < -0.39 is 25.0 Å². The number of Topliss-reactive ketones (excluding diaryl/α,β-unsaturated/α-hetero) is 1. The number of carbonyl (C=O) groups excluding carboxylic acids is 3. The van der Waals surface area contributed by atoms with Crippen LogP contribution in [0.2, 0.25) is 0 Å². The van der Waals surface area contributed by atoms with Crippen molar-refractivity contribution in [2.24, 2.45) is 0 Å². The molecule has 2 aromatic rings. The van der Waals surface area contributed by atoms with Gasteiger partial charge in [-0.2, -0.15) is 8.78 Å². The van der Waals surface area contributed by atoms with E-state index in [4.69, 9.17) is 4.74 Å². The van der Waals surface area contributed by atoms with Crippen LogP contribution in [0.5, 0.6) is 5.75 Å². The Morgan fingerprint density at radius 2 is 1.81 bits per heavy atom. The zero-order chi connectivity index (χ0) is 19.4. The zero-order valence-corrected chi connectivity index (χ0v) is 14.6. The van der Waals surface area contributed by atoms with E-state index in [1.165, 1.54) is 42.1 Å². The molecule has 0 radical (unpaired) electrons. The highest BCUT2D eigenvalue weighted by Gasteiger charge is 2.18. The molecule has 0 atom stereocenters. The lowest BCUT2D eigenvalue weighted by atomic mass is 10.1. The number of hydrogen-bond acceptors (Lipinski definition) is 6. The molecular formula is C18H13F2NO5S. The van der Waals surface area contributed by atoms with Gasteiger partial charge in [-0.3, -0.25) is 9.59 Å². The maximum Gasteiger partial charge on any atom is 0.387 e. The number of ether oxygens (including phenoxy) is 2. The molecule has 27 heavy (non-hydrogen) atoms. The second-order valence-corrected chi connectivity index (χ2v) is 6.47. The van der Waals surface area contributed by atoms with Crippen LogP contribution in [0.15, 0.2) is 47.4 Å². The van der Waals surface area contributed by atoms with E-state index in [1.807, 2.05) is 0 Å². The second kappa shape index (κ2) is 8.17. The summed E-state index contributed by atoms with van der Waals surface area (Å²) in [6.07, 6.45) is 0. The number of halogens is 2. The molecule has 1 aliphatic heterocycles. The molecule has 0 saturated carbocycles. The molecule has 0 bridgehead atoms. The Morgan fingerprint density at radius 3 is 2.52 bits per heavy atom. The van der Waals surface area contributed by atoms with Crippen molar-refractivity contribution in [3.05, 3.63) is 53.6 Å². The Hall–Kier alpha value is -2.94. The lowest BCUT2D eigenvalue weighted by molar-refractivity contribution is -0.113. The number of carbonyl (C=O) groups is 3. The first kappa shape index (κ1) is 18.8. The fourth-order valence-electron chi connectivity index (χ4n) is 2.33. The zero-order valence-electron chi connectivity index (χ0n) is 13.7. The molecule has 9 heteroatoms. The molecule has 0 spiro atoms. The predicted octanol–water partition coefficient (Wildman–Crippen LogP) is 3.37. The third kappa shape index (κ3) is 4.82. The molecule has 1 N–H and O–H groups in total. The van der Waals surface area contributed by atoms with E-state index in [9.17, 15) is 23.2 Å². The fraction of sp³-hybridized carbons (Fsp3) is 0.167. The van der Waals surface area contributed by atoms with Crippen molar-refractivity contribution in [2.45, 2.75) is 11.5 Å². The Kier molecular flexibility index (Phi) is 5.70. The summed E-state index contributed by atoms with van der Waals surface area (Å²) in [5, 5.41) is 2.66. The smallest absolute Gasteiger partial charge is 0.387 e. The molecule has 1 aliphatic rings. The maximum absolute atomic E-state index is 12.1. The van der Waals surface area contributed by atoms with Gasteiger partial charge < -0.3 is 14.8 Å². The van der Waals surface area contributed by atoms with E-state index in [0.29, 0.717) is 11.4 Å². The number of fused-ring (bicyclic) bond motifs is 1. The highest BCUT2D eigenvalue weighted by molar-refractivity contribution is 8.00. The predicted molar refractivity (Wildman–Crippen MR) is 93.5 cm³/mol. The van der Waals surface area contributed by atoms with E-state index >= 15 is 0 Å². The maximum atomic E-state index is 12.1. The summed E-state index contributed by atoms with van der Waals surface area (Å²) in [6.45, 7) is -3.46. The summed E-state index contributed by atoms with van der Waals surface area (Å²) in [5.41, 5.74) is 0.912. The summed E-state index contributed by atoms with van der Waals surface area (Å²) in [4.78, 5) is 36.4. The lowest BCUT2D eigenvalue weighted by Gasteiger charge is -2.16. The number of anilines is 1. The van der Waals surface area contributed by atoms with Crippen LogP contribution in [0, 0.1) is 0 Å². The van der Waals surface area contributed by atoms with Gasteiger partial charge in [0.1, 0.15) is 5.75 Å². The van der Waals surface area contributed by atoms with E-state index in [2.05, 4.69) is 10.1 Å². The summed E-state index contributed by atoms with van der Waals surface area (Å²) < 4.78 is 33.4. The van der Waals surface area contributed by atoms with Gasteiger partial charge in [-0.15, -0.1) is 11.8 Å².